The van der Waals surface area contributed by atoms with Crippen LogP contribution in [0.5, 0.6) is 5.75 Å². The number of nitrogens with one attached hydrogen (secondary N) is 3. The third-order valence-electron chi connectivity index (χ3n) is 4.72. The van der Waals surface area contributed by atoms with E-state index in [0.717, 1.165) is 35.1 Å². The van der Waals surface area contributed by atoms with Crippen LogP contribution in [0.3, 0.4) is 0 Å². The van der Waals surface area contributed by atoms with E-state index >= 15 is 0 Å². The molecule has 0 spiro atoms. The van der Waals surface area contributed by atoms with Crippen molar-refractivity contribution in [3.63, 3.8) is 0 Å². The normalized spacial score (nSPS) is 10.7. The molecule has 0 fully saturated rings. The minimum Gasteiger partial charge on any atom is -0.494 e. The summed E-state index contributed by atoms with van der Waals surface area (Å²) >= 11 is 0. The van der Waals surface area contributed by atoms with Gasteiger partial charge in [-0.1, -0.05) is 44.4 Å². The number of rotatable bonds is 9. The van der Waals surface area contributed by atoms with E-state index in [2.05, 4.69) is 22.8 Å². The van der Waals surface area contributed by atoms with E-state index in [4.69, 9.17) is 4.74 Å². The van der Waals surface area contributed by atoms with Crippen LogP contribution in [-0.4, -0.2) is 23.4 Å². The number of aromatic amines is 1. The summed E-state index contributed by atoms with van der Waals surface area (Å²) in [4.78, 5) is 27.5. The highest BCUT2D eigenvalue weighted by atomic mass is 16.5. The fourth-order valence-electron chi connectivity index (χ4n) is 3.12. The lowest BCUT2D eigenvalue weighted by atomic mass is 10.1. The Morgan fingerprint density at radius 2 is 1.76 bits per heavy atom. The maximum absolute atomic E-state index is 12.2. The van der Waals surface area contributed by atoms with Crippen molar-refractivity contribution in [1.82, 2.24) is 15.8 Å². The van der Waals surface area contributed by atoms with Crippen LogP contribution < -0.4 is 15.6 Å². The first-order chi connectivity index (χ1) is 14.2. The van der Waals surface area contributed by atoms with Crippen LogP contribution in [-0.2, 0) is 11.2 Å². The third-order valence-corrected chi connectivity index (χ3v) is 4.72. The number of fused-ring (bicyclic) bond motifs is 1. The van der Waals surface area contributed by atoms with Crippen molar-refractivity contribution in [3.8, 4) is 5.75 Å². The first-order valence-electron chi connectivity index (χ1n) is 10.0. The van der Waals surface area contributed by atoms with Gasteiger partial charge in [-0.25, -0.2) is 0 Å². The van der Waals surface area contributed by atoms with Crippen molar-refractivity contribution in [1.29, 1.82) is 0 Å². The Kier molecular flexibility index (Phi) is 7.28. The zero-order chi connectivity index (χ0) is 20.5. The zero-order valence-corrected chi connectivity index (χ0v) is 16.7. The Bertz CT molecular complexity index is 947. The van der Waals surface area contributed by atoms with Gasteiger partial charge in [0.15, 0.2) is 0 Å². The maximum Gasteiger partial charge on any atom is 0.269 e. The van der Waals surface area contributed by atoms with Gasteiger partial charge in [-0.05, 0) is 42.3 Å². The molecule has 3 N–H and O–H groups in total. The molecule has 6 nitrogen and oxygen atoms in total. The maximum atomic E-state index is 12.2. The van der Waals surface area contributed by atoms with Crippen LogP contribution in [0.1, 0.15) is 48.5 Å². The molecule has 0 aliphatic rings. The van der Waals surface area contributed by atoms with E-state index in [1.807, 2.05) is 30.5 Å². The number of benzene rings is 2. The molecule has 1 heterocycles. The number of hydrogen-bond acceptors (Lipinski definition) is 3. The largest absolute Gasteiger partial charge is 0.494 e. The topological polar surface area (TPSA) is 83.2 Å². The van der Waals surface area contributed by atoms with Gasteiger partial charge in [0.1, 0.15) is 5.75 Å². The van der Waals surface area contributed by atoms with Crippen molar-refractivity contribution in [2.75, 3.05) is 6.61 Å². The number of para-hydroxylation sites is 1. The van der Waals surface area contributed by atoms with E-state index < -0.39 is 0 Å². The smallest absolute Gasteiger partial charge is 0.269 e. The second kappa shape index (κ2) is 10.3. The summed E-state index contributed by atoms with van der Waals surface area (Å²) in [7, 11) is 0. The number of amides is 2. The molecule has 0 unspecified atom stereocenters. The lowest BCUT2D eigenvalue weighted by Crippen LogP contribution is -2.42. The van der Waals surface area contributed by atoms with Gasteiger partial charge in [0.05, 0.1) is 13.0 Å². The predicted octanol–water partition coefficient (Wildman–Crippen LogP) is 4.13. The number of ether oxygens (including phenoxy) is 1. The standard InChI is InChI=1S/C23H27N3O3/c1-2-3-4-7-14-29-19-12-10-17(11-13-19)23(28)26-25-22(27)15-18-16-24-21-9-6-5-8-20(18)21/h5-6,8-13,16,24H,2-4,7,14-15H2,1H3,(H,25,27)(H,26,28). The molecule has 0 aliphatic carbocycles. The summed E-state index contributed by atoms with van der Waals surface area (Å²) in [6.45, 7) is 2.85. The van der Waals surface area contributed by atoms with Crippen molar-refractivity contribution in [2.45, 2.75) is 39.0 Å². The molecule has 0 saturated carbocycles. The molecule has 0 radical (unpaired) electrons. The van der Waals surface area contributed by atoms with E-state index in [9.17, 15) is 9.59 Å². The van der Waals surface area contributed by atoms with Crippen molar-refractivity contribution < 1.29 is 14.3 Å². The number of unbranched alkanes of at least 4 members (excludes halogenated alkanes) is 3. The van der Waals surface area contributed by atoms with Crippen LogP contribution in [0.15, 0.2) is 54.7 Å². The van der Waals surface area contributed by atoms with E-state index in [1.165, 1.54) is 12.8 Å². The highest BCUT2D eigenvalue weighted by Gasteiger charge is 2.11. The van der Waals surface area contributed by atoms with Gasteiger partial charge in [0, 0.05) is 22.7 Å². The fraction of sp³-hybridized carbons (Fsp3) is 0.304. The van der Waals surface area contributed by atoms with E-state index in [1.54, 1.807) is 24.3 Å². The van der Waals surface area contributed by atoms with Crippen LogP contribution in [0, 0.1) is 0 Å². The number of aromatic nitrogens is 1. The summed E-state index contributed by atoms with van der Waals surface area (Å²) in [6, 6.07) is 14.7. The Hall–Kier alpha value is -3.28. The molecule has 2 aromatic carbocycles. The van der Waals surface area contributed by atoms with Crippen molar-refractivity contribution in [2.24, 2.45) is 0 Å². The molecule has 0 aliphatic heterocycles. The average Bonchev–Trinajstić information content (AvgIpc) is 3.15. The summed E-state index contributed by atoms with van der Waals surface area (Å²) in [5.74, 6) is 0.0864. The van der Waals surface area contributed by atoms with Gasteiger partial charge in [0.2, 0.25) is 5.91 Å². The molecule has 0 saturated heterocycles. The number of carbonyl (C=O) groups excluding carboxylic acids is 2. The minimum atomic E-state index is -0.369. The molecule has 1 aromatic heterocycles. The predicted molar refractivity (Wildman–Crippen MR) is 114 cm³/mol. The fourth-order valence-corrected chi connectivity index (χ4v) is 3.12. The van der Waals surface area contributed by atoms with Crippen molar-refractivity contribution in [3.05, 3.63) is 65.9 Å². The van der Waals surface area contributed by atoms with E-state index in [0.29, 0.717) is 12.2 Å². The van der Waals surface area contributed by atoms with Gasteiger partial charge in [0.25, 0.3) is 5.91 Å². The molecular weight excluding hydrogens is 366 g/mol. The molecule has 3 aromatic rings. The molecule has 29 heavy (non-hydrogen) atoms. The average molecular weight is 393 g/mol. The van der Waals surface area contributed by atoms with Crippen LogP contribution in [0.2, 0.25) is 0 Å². The molecule has 152 valence electrons. The van der Waals surface area contributed by atoms with Gasteiger partial charge < -0.3 is 9.72 Å². The lowest BCUT2D eigenvalue weighted by molar-refractivity contribution is -0.121. The van der Waals surface area contributed by atoms with Gasteiger partial charge in [-0.3, -0.25) is 20.4 Å². The van der Waals surface area contributed by atoms with Crippen LogP contribution >= 0.6 is 0 Å². The number of hydrazine groups is 1. The number of carbonyl (C=O) groups is 2. The first-order valence-corrected chi connectivity index (χ1v) is 10.0. The second-order valence-electron chi connectivity index (χ2n) is 6.97. The van der Waals surface area contributed by atoms with Crippen LogP contribution in [0.4, 0.5) is 0 Å². The summed E-state index contributed by atoms with van der Waals surface area (Å²) in [5.41, 5.74) is 7.24. The molecular formula is C23H27N3O3. The summed E-state index contributed by atoms with van der Waals surface area (Å²) in [6.07, 6.45) is 6.59. The first kappa shape index (κ1) is 20.5. The van der Waals surface area contributed by atoms with Gasteiger partial charge in [-0.2, -0.15) is 0 Å². The Balaban J connectivity index is 1.44. The third kappa shape index (κ3) is 5.85. The SMILES string of the molecule is CCCCCCOc1ccc(C(=O)NNC(=O)Cc2c[nH]c3ccccc23)cc1. The summed E-state index contributed by atoms with van der Waals surface area (Å²) in [5, 5.41) is 0.999. The lowest BCUT2D eigenvalue weighted by Gasteiger charge is -2.09. The van der Waals surface area contributed by atoms with E-state index in [-0.39, 0.29) is 18.2 Å². The molecule has 0 bridgehead atoms. The highest BCUT2D eigenvalue weighted by molar-refractivity contribution is 5.96. The Morgan fingerprint density at radius 1 is 0.966 bits per heavy atom. The number of hydrogen-bond donors (Lipinski definition) is 3. The quantitative estimate of drug-likeness (QED) is 0.378. The van der Waals surface area contributed by atoms with Crippen molar-refractivity contribution >= 4 is 22.7 Å². The molecule has 6 heteroatoms. The second-order valence-corrected chi connectivity index (χ2v) is 6.97. The highest BCUT2D eigenvalue weighted by Crippen LogP contribution is 2.18. The van der Waals surface area contributed by atoms with Gasteiger partial charge in [-0.15, -0.1) is 0 Å². The monoisotopic (exact) mass is 393 g/mol. The molecule has 0 atom stereocenters. The zero-order valence-electron chi connectivity index (χ0n) is 16.7. The van der Waals surface area contributed by atoms with Crippen LogP contribution in [0.25, 0.3) is 10.9 Å². The molecule has 2 amide bonds. The summed E-state index contributed by atoms with van der Waals surface area (Å²) < 4.78 is 5.67. The molecule has 3 rings (SSSR count). The Labute approximate surface area is 170 Å². The number of H-pyrrole nitrogens is 1. The Morgan fingerprint density at radius 3 is 2.55 bits per heavy atom. The minimum absolute atomic E-state index is 0.176. The van der Waals surface area contributed by atoms with Gasteiger partial charge >= 0.3 is 0 Å².